The second kappa shape index (κ2) is 4.96. The molecule has 2 fully saturated rings. The molecule has 0 bridgehead atoms. The van der Waals surface area contributed by atoms with Crippen molar-refractivity contribution >= 4 is 10.8 Å². The highest BCUT2D eigenvalue weighted by molar-refractivity contribution is 7.85. The summed E-state index contributed by atoms with van der Waals surface area (Å²) < 4.78 is 11.2. The van der Waals surface area contributed by atoms with Gasteiger partial charge in [0, 0.05) is 41.9 Å². The Bertz CT molecular complexity index is 226. The third-order valence-electron chi connectivity index (χ3n) is 4.00. The van der Waals surface area contributed by atoms with Crippen molar-refractivity contribution in [2.75, 3.05) is 31.1 Å². The van der Waals surface area contributed by atoms with Crippen LogP contribution in [-0.2, 0) is 10.8 Å². The number of hydrogen-bond acceptors (Lipinski definition) is 2. The van der Waals surface area contributed by atoms with Gasteiger partial charge in [-0.05, 0) is 30.6 Å². The minimum absolute atomic E-state index is 0.516. The first kappa shape index (κ1) is 11.6. The summed E-state index contributed by atoms with van der Waals surface area (Å²) in [6, 6.07) is 0. The van der Waals surface area contributed by atoms with E-state index in [1.54, 1.807) is 0 Å². The van der Waals surface area contributed by atoms with Crippen LogP contribution in [0.2, 0.25) is 0 Å². The lowest BCUT2D eigenvalue weighted by molar-refractivity contribution is 0.0990. The van der Waals surface area contributed by atoms with Crippen LogP contribution in [0.4, 0.5) is 0 Å². The molecule has 2 nitrogen and oxygen atoms in total. The van der Waals surface area contributed by atoms with E-state index in [0.29, 0.717) is 0 Å². The zero-order valence-electron chi connectivity index (χ0n) is 9.95. The van der Waals surface area contributed by atoms with E-state index >= 15 is 0 Å². The zero-order valence-corrected chi connectivity index (χ0v) is 10.8. The Hall–Kier alpha value is 0.110. The fourth-order valence-corrected chi connectivity index (χ4v) is 3.83. The molecule has 0 aromatic carbocycles. The van der Waals surface area contributed by atoms with Gasteiger partial charge >= 0.3 is 0 Å². The molecule has 1 saturated carbocycles. The Balaban J connectivity index is 1.65. The Morgan fingerprint density at radius 1 is 1.27 bits per heavy atom. The maximum atomic E-state index is 11.2. The van der Waals surface area contributed by atoms with Crippen molar-refractivity contribution in [3.63, 3.8) is 0 Å². The first-order chi connectivity index (χ1) is 7.15. The van der Waals surface area contributed by atoms with E-state index in [1.807, 2.05) is 0 Å². The van der Waals surface area contributed by atoms with E-state index in [-0.39, 0.29) is 0 Å². The highest BCUT2D eigenvalue weighted by Gasteiger charge is 2.32. The second-order valence-electron chi connectivity index (χ2n) is 5.49. The van der Waals surface area contributed by atoms with Gasteiger partial charge in [0.25, 0.3) is 0 Å². The van der Waals surface area contributed by atoms with Crippen LogP contribution in [0, 0.1) is 17.8 Å². The monoisotopic (exact) mass is 229 g/mol. The number of rotatable bonds is 3. The molecule has 0 unspecified atom stereocenters. The van der Waals surface area contributed by atoms with Crippen LogP contribution in [0.5, 0.6) is 0 Å². The lowest BCUT2D eigenvalue weighted by Crippen LogP contribution is -2.43. The molecule has 0 radical (unpaired) electrons. The number of hydrogen-bond donors (Lipinski definition) is 0. The van der Waals surface area contributed by atoms with Crippen LogP contribution in [0.1, 0.15) is 26.7 Å². The molecule has 3 heteroatoms. The van der Waals surface area contributed by atoms with Crippen molar-refractivity contribution in [1.29, 1.82) is 0 Å². The van der Waals surface area contributed by atoms with E-state index in [1.165, 1.54) is 19.4 Å². The SMILES string of the molecule is CC(C)C1CC(CN2CCS(=O)CC2)C1. The molecule has 0 amide bonds. The van der Waals surface area contributed by atoms with Crippen LogP contribution in [-0.4, -0.2) is 40.2 Å². The Morgan fingerprint density at radius 3 is 2.40 bits per heavy atom. The molecule has 15 heavy (non-hydrogen) atoms. The Kier molecular flexibility index (Phi) is 3.83. The molecular formula is C12H23NOS. The largest absolute Gasteiger partial charge is 0.301 e. The third kappa shape index (κ3) is 3.04. The smallest absolute Gasteiger partial charge is 0.0363 e. The average Bonchev–Trinajstić information content (AvgIpc) is 2.13. The molecule has 88 valence electrons. The summed E-state index contributed by atoms with van der Waals surface area (Å²) in [5.74, 6) is 4.59. The van der Waals surface area contributed by atoms with Crippen LogP contribution < -0.4 is 0 Å². The molecule has 1 aliphatic heterocycles. The van der Waals surface area contributed by atoms with Crippen LogP contribution >= 0.6 is 0 Å². The van der Waals surface area contributed by atoms with Gasteiger partial charge in [0.05, 0.1) is 0 Å². The minimum Gasteiger partial charge on any atom is -0.301 e. The summed E-state index contributed by atoms with van der Waals surface area (Å²) in [6.45, 7) is 8.07. The third-order valence-corrected chi connectivity index (χ3v) is 5.28. The second-order valence-corrected chi connectivity index (χ2v) is 7.19. The predicted octanol–water partition coefficient (Wildman–Crippen LogP) is 1.73. The minimum atomic E-state index is -0.516. The first-order valence-electron chi connectivity index (χ1n) is 6.22. The van der Waals surface area contributed by atoms with E-state index in [0.717, 1.165) is 42.3 Å². The van der Waals surface area contributed by atoms with Gasteiger partial charge in [0.1, 0.15) is 0 Å². The summed E-state index contributed by atoms with van der Waals surface area (Å²) in [7, 11) is -0.516. The van der Waals surface area contributed by atoms with Gasteiger partial charge in [-0.1, -0.05) is 13.8 Å². The molecule has 0 aromatic rings. The van der Waals surface area contributed by atoms with Gasteiger partial charge in [-0.15, -0.1) is 0 Å². The standard InChI is InChI=1S/C12H23NOS/c1-10(2)12-7-11(8-12)9-13-3-5-15(14)6-4-13/h10-12H,3-9H2,1-2H3. The molecule has 1 heterocycles. The van der Waals surface area contributed by atoms with Crippen molar-refractivity contribution in [3.8, 4) is 0 Å². The summed E-state index contributed by atoms with van der Waals surface area (Å²) in [5, 5.41) is 0. The van der Waals surface area contributed by atoms with Gasteiger partial charge in [-0.25, -0.2) is 0 Å². The fraction of sp³-hybridized carbons (Fsp3) is 1.00. The number of nitrogens with zero attached hydrogens (tertiary/aromatic N) is 1. The average molecular weight is 229 g/mol. The van der Waals surface area contributed by atoms with Gasteiger partial charge < -0.3 is 4.90 Å². The van der Waals surface area contributed by atoms with Gasteiger partial charge in [0.2, 0.25) is 0 Å². The molecule has 0 spiro atoms. The van der Waals surface area contributed by atoms with Crippen molar-refractivity contribution in [1.82, 2.24) is 4.90 Å². The fourth-order valence-electron chi connectivity index (χ4n) is 2.70. The van der Waals surface area contributed by atoms with Crippen LogP contribution in [0.25, 0.3) is 0 Å². The molecule has 1 saturated heterocycles. The summed E-state index contributed by atoms with van der Waals surface area (Å²) in [5.41, 5.74) is 0. The summed E-state index contributed by atoms with van der Waals surface area (Å²) in [6.07, 6.45) is 2.86. The van der Waals surface area contributed by atoms with Crippen molar-refractivity contribution < 1.29 is 4.21 Å². The summed E-state index contributed by atoms with van der Waals surface area (Å²) in [4.78, 5) is 2.52. The summed E-state index contributed by atoms with van der Waals surface area (Å²) >= 11 is 0. The zero-order chi connectivity index (χ0) is 10.8. The molecular weight excluding hydrogens is 206 g/mol. The Labute approximate surface area is 95.9 Å². The van der Waals surface area contributed by atoms with Crippen molar-refractivity contribution in [2.24, 2.45) is 17.8 Å². The van der Waals surface area contributed by atoms with E-state index in [4.69, 9.17) is 0 Å². The van der Waals surface area contributed by atoms with Gasteiger partial charge in [-0.3, -0.25) is 4.21 Å². The topological polar surface area (TPSA) is 20.3 Å². The van der Waals surface area contributed by atoms with E-state index < -0.39 is 10.8 Å². The molecule has 2 aliphatic rings. The lowest BCUT2D eigenvalue weighted by atomic mass is 9.69. The highest BCUT2D eigenvalue weighted by atomic mass is 32.2. The van der Waals surface area contributed by atoms with E-state index in [9.17, 15) is 4.21 Å². The lowest BCUT2D eigenvalue weighted by Gasteiger charge is -2.41. The van der Waals surface area contributed by atoms with Crippen LogP contribution in [0.15, 0.2) is 0 Å². The van der Waals surface area contributed by atoms with Gasteiger partial charge in [-0.2, -0.15) is 0 Å². The molecule has 0 N–H and O–H groups in total. The molecule has 2 rings (SSSR count). The first-order valence-corrected chi connectivity index (χ1v) is 7.71. The van der Waals surface area contributed by atoms with Crippen LogP contribution in [0.3, 0.4) is 0 Å². The molecule has 1 aliphatic carbocycles. The maximum absolute atomic E-state index is 11.2. The van der Waals surface area contributed by atoms with Crippen molar-refractivity contribution in [2.45, 2.75) is 26.7 Å². The maximum Gasteiger partial charge on any atom is 0.0363 e. The van der Waals surface area contributed by atoms with Gasteiger partial charge in [0.15, 0.2) is 0 Å². The quantitative estimate of drug-likeness (QED) is 0.734. The Morgan fingerprint density at radius 2 is 1.87 bits per heavy atom. The van der Waals surface area contributed by atoms with Crippen molar-refractivity contribution in [3.05, 3.63) is 0 Å². The van der Waals surface area contributed by atoms with E-state index in [2.05, 4.69) is 18.7 Å². The molecule has 0 aromatic heterocycles. The normalized spacial score (nSPS) is 34.3. The molecule has 0 atom stereocenters. The predicted molar refractivity (Wildman–Crippen MR) is 65.4 cm³/mol. The highest BCUT2D eigenvalue weighted by Crippen LogP contribution is 2.39.